The zero-order chi connectivity index (χ0) is 30.9. The van der Waals surface area contributed by atoms with E-state index in [9.17, 15) is 14.3 Å². The summed E-state index contributed by atoms with van der Waals surface area (Å²) in [5, 5.41) is 14.8. The second kappa shape index (κ2) is 10.3. The zero-order valence-electron chi connectivity index (χ0n) is 22.9. The number of halogens is 5. The van der Waals surface area contributed by atoms with Crippen LogP contribution in [0.5, 0.6) is 11.5 Å². The van der Waals surface area contributed by atoms with Crippen molar-refractivity contribution in [3.05, 3.63) is 80.5 Å². The lowest BCUT2D eigenvalue weighted by molar-refractivity contribution is -0.0566. The largest absolute Gasteiger partial charge is 0.494 e. The number of rotatable bonds is 7. The Labute approximate surface area is 257 Å². The lowest BCUT2D eigenvalue weighted by Crippen LogP contribution is -2.49. The number of hydrogen-bond donors (Lipinski definition) is 3. The molecule has 1 aliphatic carbocycles. The third-order valence-electron chi connectivity index (χ3n) is 7.93. The van der Waals surface area contributed by atoms with E-state index in [0.29, 0.717) is 32.8 Å². The van der Waals surface area contributed by atoms with Crippen molar-refractivity contribution in [1.82, 2.24) is 15.3 Å². The van der Waals surface area contributed by atoms with Crippen LogP contribution in [0.3, 0.4) is 0 Å². The van der Waals surface area contributed by atoms with Gasteiger partial charge in [0.15, 0.2) is 11.4 Å². The minimum Gasteiger partial charge on any atom is -0.494 e. The van der Waals surface area contributed by atoms with E-state index in [0.717, 1.165) is 6.07 Å². The summed E-state index contributed by atoms with van der Waals surface area (Å²) < 4.78 is 57.0. The fourth-order valence-electron chi connectivity index (χ4n) is 5.29. The fourth-order valence-corrected chi connectivity index (χ4v) is 5.80. The Morgan fingerprint density at radius 1 is 1.23 bits per heavy atom. The number of amides is 1. The summed E-state index contributed by atoms with van der Waals surface area (Å²) in [6, 6.07) is 7.90. The highest BCUT2D eigenvalue weighted by molar-refractivity contribution is 9.10. The van der Waals surface area contributed by atoms with Crippen LogP contribution in [0.15, 0.2) is 47.1 Å². The summed E-state index contributed by atoms with van der Waals surface area (Å²) in [5.41, 5.74) is 1.33. The Morgan fingerprint density at radius 2 is 1.98 bits per heavy atom. The number of methoxy groups -OCH3 is 1. The van der Waals surface area contributed by atoms with Crippen LogP contribution in [0.1, 0.15) is 41.4 Å². The minimum atomic E-state index is -2.35. The van der Waals surface area contributed by atoms with Gasteiger partial charge in [0.1, 0.15) is 40.9 Å². The number of carbonyl (C=O) groups is 1. The average Bonchev–Trinajstić information content (AvgIpc) is 3.66. The van der Waals surface area contributed by atoms with Crippen LogP contribution in [0, 0.1) is 11.6 Å². The van der Waals surface area contributed by atoms with Gasteiger partial charge in [0.05, 0.1) is 29.9 Å². The first-order chi connectivity index (χ1) is 20.3. The van der Waals surface area contributed by atoms with Crippen LogP contribution >= 0.6 is 27.5 Å². The Kier molecular flexibility index (Phi) is 7.11. The molecule has 4 N–H and O–H groups in total. The number of nitrogens with one attached hydrogen (secondary N) is 1. The van der Waals surface area contributed by atoms with Crippen LogP contribution in [-0.2, 0) is 11.1 Å². The smallest absolute Gasteiger partial charge is 0.251 e. The van der Waals surface area contributed by atoms with Gasteiger partial charge in [0, 0.05) is 38.8 Å². The Hall–Kier alpha value is -3.45. The molecule has 0 radical (unpaired) electrons. The Bertz CT molecular complexity index is 1820. The number of nitrogens with zero attached hydrogens (tertiary/aromatic N) is 2. The first-order valence-electron chi connectivity index (χ1n) is 13.2. The predicted octanol–water partition coefficient (Wildman–Crippen LogP) is 5.69. The van der Waals surface area contributed by atoms with Crippen molar-refractivity contribution >= 4 is 44.3 Å². The van der Waals surface area contributed by atoms with Gasteiger partial charge in [0.2, 0.25) is 0 Å². The summed E-state index contributed by atoms with van der Waals surface area (Å²) in [4.78, 5) is 22.1. The quantitative estimate of drug-likeness (QED) is 0.215. The van der Waals surface area contributed by atoms with Crippen LogP contribution < -0.4 is 20.5 Å². The SMILES string of the molecule is COc1cc(C(=O)NC[C@](O)(c2cc3c(c(-c4cc(Cl)c(F)cc4F)n2)OC[C@]3(C)N)C2(F)CC2)cc2cc(Br)cnc12. The van der Waals surface area contributed by atoms with Gasteiger partial charge in [-0.2, -0.15) is 0 Å². The van der Waals surface area contributed by atoms with Crippen molar-refractivity contribution in [3.8, 4) is 22.8 Å². The van der Waals surface area contributed by atoms with Gasteiger partial charge in [-0.3, -0.25) is 9.78 Å². The molecule has 0 saturated heterocycles. The summed E-state index contributed by atoms with van der Waals surface area (Å²) in [5.74, 6) is -2.14. The average molecular weight is 678 g/mol. The van der Waals surface area contributed by atoms with Crippen LogP contribution in [0.25, 0.3) is 22.2 Å². The molecule has 6 rings (SSSR count). The number of nitrogens with two attached hydrogens (primary N) is 1. The zero-order valence-corrected chi connectivity index (χ0v) is 25.2. The highest BCUT2D eigenvalue weighted by atomic mass is 79.9. The first kappa shape index (κ1) is 29.6. The lowest BCUT2D eigenvalue weighted by atomic mass is 9.86. The Balaban J connectivity index is 1.42. The van der Waals surface area contributed by atoms with Crippen molar-refractivity contribution in [2.24, 2.45) is 5.73 Å². The molecule has 0 unspecified atom stereocenters. The van der Waals surface area contributed by atoms with Crippen LogP contribution in [-0.4, -0.2) is 46.9 Å². The van der Waals surface area contributed by atoms with Crippen LogP contribution in [0.4, 0.5) is 13.2 Å². The summed E-state index contributed by atoms with van der Waals surface area (Å²) in [6.45, 7) is 1.06. The molecule has 2 aromatic heterocycles. The molecule has 1 aliphatic heterocycles. The molecule has 2 aliphatic rings. The number of hydrogen-bond acceptors (Lipinski definition) is 7. The van der Waals surface area contributed by atoms with E-state index < -0.39 is 40.9 Å². The highest BCUT2D eigenvalue weighted by Crippen LogP contribution is 2.54. The maximum absolute atomic E-state index is 16.1. The molecule has 43 heavy (non-hydrogen) atoms. The third kappa shape index (κ3) is 4.99. The van der Waals surface area contributed by atoms with Crippen molar-refractivity contribution in [3.63, 3.8) is 0 Å². The number of ether oxygens (including phenoxy) is 2. The number of fused-ring (bicyclic) bond motifs is 2. The van der Waals surface area contributed by atoms with Gasteiger partial charge < -0.3 is 25.6 Å². The molecule has 8 nitrogen and oxygen atoms in total. The molecule has 1 saturated carbocycles. The molecule has 0 bridgehead atoms. The molecular weight excluding hydrogens is 653 g/mol. The maximum atomic E-state index is 16.1. The summed E-state index contributed by atoms with van der Waals surface area (Å²) in [6.07, 6.45) is 1.58. The normalized spacial score (nSPS) is 19.8. The Morgan fingerprint density at radius 3 is 2.67 bits per heavy atom. The van der Waals surface area contributed by atoms with Gasteiger partial charge in [-0.05, 0) is 66.0 Å². The standard InChI is InChI=1S/C30H25BrClF3N4O4/c1-28(36)13-43-26-18(28)9-23(39-25(26)17-8-19(32)21(34)10-20(17)33)30(41,29(35)3-4-29)12-38-27(40)15-5-14-6-16(31)11-37-24(14)22(7-15)42-2/h5-11,41H,3-4,12-13,36H2,1-2H3,(H,38,40)/t28-,30-/m0/s1. The van der Waals surface area contributed by atoms with Gasteiger partial charge in [-0.15, -0.1) is 0 Å². The van der Waals surface area contributed by atoms with Gasteiger partial charge in [-0.25, -0.2) is 18.2 Å². The predicted molar refractivity (Wildman–Crippen MR) is 157 cm³/mol. The molecule has 1 amide bonds. The van der Waals surface area contributed by atoms with E-state index in [1.165, 1.54) is 19.2 Å². The topological polar surface area (TPSA) is 120 Å². The van der Waals surface area contributed by atoms with Crippen LogP contribution in [0.2, 0.25) is 5.02 Å². The van der Waals surface area contributed by atoms with Gasteiger partial charge in [-0.1, -0.05) is 11.6 Å². The molecule has 2 aromatic carbocycles. The summed E-state index contributed by atoms with van der Waals surface area (Å²) >= 11 is 9.32. The first-order valence-corrected chi connectivity index (χ1v) is 14.4. The van der Waals surface area contributed by atoms with Crippen molar-refractivity contribution < 1.29 is 32.5 Å². The molecular formula is C30H25BrClF3N4O4. The van der Waals surface area contributed by atoms with Gasteiger partial charge >= 0.3 is 0 Å². The van der Waals surface area contributed by atoms with Crippen molar-refractivity contribution in [2.45, 2.75) is 36.6 Å². The van der Waals surface area contributed by atoms with E-state index in [4.69, 9.17) is 26.8 Å². The highest BCUT2D eigenvalue weighted by Gasteiger charge is 2.62. The monoisotopic (exact) mass is 676 g/mol. The number of aliphatic hydroxyl groups is 1. The van der Waals surface area contributed by atoms with Crippen molar-refractivity contribution in [2.75, 3.05) is 20.3 Å². The summed E-state index contributed by atoms with van der Waals surface area (Å²) in [7, 11) is 1.45. The molecule has 13 heteroatoms. The molecule has 224 valence electrons. The molecule has 4 aromatic rings. The molecule has 2 atom stereocenters. The lowest BCUT2D eigenvalue weighted by Gasteiger charge is -2.33. The maximum Gasteiger partial charge on any atom is 0.251 e. The second-order valence-corrected chi connectivity index (χ2v) is 12.4. The van der Waals surface area contributed by atoms with E-state index >= 15 is 8.78 Å². The van der Waals surface area contributed by atoms with Gasteiger partial charge in [0.25, 0.3) is 5.91 Å². The fraction of sp³-hybridized carbons (Fsp3) is 0.300. The molecule has 0 spiro atoms. The molecule has 3 heterocycles. The minimum absolute atomic E-state index is 0.00983. The van der Waals surface area contributed by atoms with E-state index in [2.05, 4.69) is 31.2 Å². The number of pyridine rings is 2. The van der Waals surface area contributed by atoms with E-state index in [-0.39, 0.29) is 52.7 Å². The second-order valence-electron chi connectivity index (χ2n) is 11.1. The van der Waals surface area contributed by atoms with Crippen molar-refractivity contribution in [1.29, 1.82) is 0 Å². The number of aromatic nitrogens is 2. The number of carbonyl (C=O) groups excluding carboxylic acids is 1. The van der Waals surface area contributed by atoms with E-state index in [1.807, 2.05) is 0 Å². The number of alkyl halides is 1. The third-order valence-corrected chi connectivity index (χ3v) is 8.65. The molecule has 1 fully saturated rings. The number of benzene rings is 2. The van der Waals surface area contributed by atoms with E-state index in [1.54, 1.807) is 25.3 Å².